The second-order valence-electron chi connectivity index (χ2n) is 7.16. The van der Waals surface area contributed by atoms with Crippen LogP contribution >= 0.6 is 11.3 Å². The van der Waals surface area contributed by atoms with Gasteiger partial charge in [-0.3, -0.25) is 9.59 Å². The molecule has 0 fully saturated rings. The van der Waals surface area contributed by atoms with E-state index in [0.29, 0.717) is 36.8 Å². The lowest BCUT2D eigenvalue weighted by atomic mass is 10.2. The first kappa shape index (κ1) is 21.6. The van der Waals surface area contributed by atoms with E-state index in [1.54, 1.807) is 16.3 Å². The van der Waals surface area contributed by atoms with Gasteiger partial charge in [-0.1, -0.05) is 42.5 Å². The SMILES string of the molecule is O=C(NCCC(=O)N(C/C=C/c1ccccc1)c1ccc2c(c1)OCCO2)c1ccsc1. The molecule has 1 aliphatic heterocycles. The van der Waals surface area contributed by atoms with Crippen molar-refractivity contribution < 1.29 is 19.1 Å². The molecule has 7 heteroatoms. The van der Waals surface area contributed by atoms with E-state index in [9.17, 15) is 9.59 Å². The number of hydrogen-bond acceptors (Lipinski definition) is 5. The van der Waals surface area contributed by atoms with Crippen molar-refractivity contribution >= 4 is 34.9 Å². The number of ether oxygens (including phenoxy) is 2. The van der Waals surface area contributed by atoms with Crippen LogP contribution in [0.15, 0.2) is 71.4 Å². The van der Waals surface area contributed by atoms with Crippen LogP contribution in [0.4, 0.5) is 5.69 Å². The Kier molecular flexibility index (Phi) is 7.19. The standard InChI is InChI=1S/C25H24N2O4S/c28-24(10-12-26-25(29)20-11-16-32-18-20)27(13-4-7-19-5-2-1-3-6-19)21-8-9-22-23(17-21)31-15-14-30-22/h1-9,11,16-18H,10,12-15H2,(H,26,29)/b7-4+. The first-order valence-corrected chi connectivity index (χ1v) is 11.4. The van der Waals surface area contributed by atoms with Gasteiger partial charge in [0.05, 0.1) is 0 Å². The molecule has 32 heavy (non-hydrogen) atoms. The molecule has 0 spiro atoms. The molecule has 2 amide bonds. The molecule has 1 aliphatic rings. The molecule has 6 nitrogen and oxygen atoms in total. The van der Waals surface area contributed by atoms with Crippen LogP contribution in [-0.2, 0) is 4.79 Å². The van der Waals surface area contributed by atoms with Crippen molar-refractivity contribution in [2.75, 3.05) is 31.2 Å². The number of thiophene rings is 1. The van der Waals surface area contributed by atoms with E-state index in [4.69, 9.17) is 9.47 Å². The first-order chi connectivity index (χ1) is 15.7. The Morgan fingerprint density at radius 3 is 2.62 bits per heavy atom. The van der Waals surface area contributed by atoms with Crippen molar-refractivity contribution in [1.29, 1.82) is 0 Å². The summed E-state index contributed by atoms with van der Waals surface area (Å²) in [5.74, 6) is 1.04. The summed E-state index contributed by atoms with van der Waals surface area (Å²) < 4.78 is 11.3. The third-order valence-electron chi connectivity index (χ3n) is 4.94. The molecule has 0 bridgehead atoms. The van der Waals surface area contributed by atoms with Crippen molar-refractivity contribution in [3.05, 3.63) is 82.6 Å². The van der Waals surface area contributed by atoms with Crippen LogP contribution in [0.3, 0.4) is 0 Å². The van der Waals surface area contributed by atoms with Crippen molar-refractivity contribution in [2.45, 2.75) is 6.42 Å². The lowest BCUT2D eigenvalue weighted by Crippen LogP contribution is -2.34. The molecule has 4 rings (SSSR count). The topological polar surface area (TPSA) is 67.9 Å². The maximum Gasteiger partial charge on any atom is 0.252 e. The third-order valence-corrected chi connectivity index (χ3v) is 5.63. The van der Waals surface area contributed by atoms with Gasteiger partial charge in [0.25, 0.3) is 5.91 Å². The summed E-state index contributed by atoms with van der Waals surface area (Å²) in [5, 5.41) is 6.45. The molecule has 0 atom stereocenters. The van der Waals surface area contributed by atoms with Crippen LogP contribution in [0.5, 0.6) is 11.5 Å². The fourth-order valence-electron chi connectivity index (χ4n) is 3.32. The van der Waals surface area contributed by atoms with Crippen molar-refractivity contribution in [3.8, 4) is 11.5 Å². The highest BCUT2D eigenvalue weighted by Crippen LogP contribution is 2.34. The normalized spacial score (nSPS) is 12.5. The summed E-state index contributed by atoms with van der Waals surface area (Å²) in [6.07, 6.45) is 4.12. The molecule has 0 unspecified atom stereocenters. The van der Waals surface area contributed by atoms with E-state index in [-0.39, 0.29) is 24.8 Å². The number of rotatable bonds is 8. The molecule has 0 radical (unpaired) electrons. The molecule has 0 saturated heterocycles. The average molecular weight is 449 g/mol. The number of amides is 2. The van der Waals surface area contributed by atoms with Crippen LogP contribution in [-0.4, -0.2) is 38.1 Å². The minimum absolute atomic E-state index is 0.0926. The minimum Gasteiger partial charge on any atom is -0.486 e. The molecule has 0 saturated carbocycles. The van der Waals surface area contributed by atoms with Crippen molar-refractivity contribution in [1.82, 2.24) is 5.32 Å². The summed E-state index contributed by atoms with van der Waals surface area (Å²) in [6.45, 7) is 1.65. The van der Waals surface area contributed by atoms with Gasteiger partial charge in [0.2, 0.25) is 5.91 Å². The smallest absolute Gasteiger partial charge is 0.252 e. The van der Waals surface area contributed by atoms with Crippen LogP contribution in [0.2, 0.25) is 0 Å². The Morgan fingerprint density at radius 2 is 1.84 bits per heavy atom. The van der Waals surface area contributed by atoms with E-state index in [2.05, 4.69) is 5.32 Å². The minimum atomic E-state index is -0.172. The maximum atomic E-state index is 13.1. The molecule has 1 aromatic heterocycles. The number of hydrogen-bond donors (Lipinski definition) is 1. The van der Waals surface area contributed by atoms with Gasteiger partial charge < -0.3 is 19.7 Å². The van der Waals surface area contributed by atoms with E-state index in [1.807, 2.05) is 66.1 Å². The van der Waals surface area contributed by atoms with Crippen molar-refractivity contribution in [2.24, 2.45) is 0 Å². The molecule has 3 aromatic rings. The highest BCUT2D eigenvalue weighted by Gasteiger charge is 2.19. The largest absolute Gasteiger partial charge is 0.486 e. The lowest BCUT2D eigenvalue weighted by Gasteiger charge is -2.24. The van der Waals surface area contributed by atoms with Gasteiger partial charge in [0.1, 0.15) is 13.2 Å². The fourth-order valence-corrected chi connectivity index (χ4v) is 3.96. The molecule has 2 heterocycles. The van der Waals surface area contributed by atoms with Crippen LogP contribution in [0, 0.1) is 0 Å². The zero-order chi connectivity index (χ0) is 22.2. The number of nitrogens with zero attached hydrogens (tertiary/aromatic N) is 1. The van der Waals surface area contributed by atoms with Gasteiger partial charge in [-0.05, 0) is 29.1 Å². The molecule has 1 N–H and O–H groups in total. The van der Waals surface area contributed by atoms with Gasteiger partial charge in [-0.25, -0.2) is 0 Å². The number of benzene rings is 2. The number of fused-ring (bicyclic) bond motifs is 1. The molecule has 2 aromatic carbocycles. The summed E-state index contributed by atoms with van der Waals surface area (Å²) in [4.78, 5) is 26.9. The zero-order valence-electron chi connectivity index (χ0n) is 17.5. The van der Waals surface area contributed by atoms with E-state index in [1.165, 1.54) is 11.3 Å². The fraction of sp³-hybridized carbons (Fsp3) is 0.200. The van der Waals surface area contributed by atoms with E-state index < -0.39 is 0 Å². The Bertz CT molecular complexity index is 1080. The van der Waals surface area contributed by atoms with Gasteiger partial charge in [-0.2, -0.15) is 11.3 Å². The van der Waals surface area contributed by atoms with E-state index >= 15 is 0 Å². The summed E-state index contributed by atoms with van der Waals surface area (Å²) >= 11 is 1.46. The van der Waals surface area contributed by atoms with Crippen LogP contribution in [0.1, 0.15) is 22.3 Å². The van der Waals surface area contributed by atoms with Gasteiger partial charge in [-0.15, -0.1) is 0 Å². The maximum absolute atomic E-state index is 13.1. The molecule has 0 aliphatic carbocycles. The second kappa shape index (κ2) is 10.6. The van der Waals surface area contributed by atoms with Crippen LogP contribution < -0.4 is 19.7 Å². The summed E-state index contributed by atoms with van der Waals surface area (Å²) in [6, 6.07) is 17.2. The Labute approximate surface area is 191 Å². The predicted molar refractivity (Wildman–Crippen MR) is 127 cm³/mol. The van der Waals surface area contributed by atoms with Crippen molar-refractivity contribution in [3.63, 3.8) is 0 Å². The quantitative estimate of drug-likeness (QED) is 0.555. The Morgan fingerprint density at radius 1 is 1.03 bits per heavy atom. The summed E-state index contributed by atoms with van der Waals surface area (Å²) in [5.41, 5.74) is 2.39. The lowest BCUT2D eigenvalue weighted by molar-refractivity contribution is -0.118. The summed E-state index contributed by atoms with van der Waals surface area (Å²) in [7, 11) is 0. The average Bonchev–Trinajstić information content (AvgIpc) is 3.37. The highest BCUT2D eigenvalue weighted by molar-refractivity contribution is 7.08. The second-order valence-corrected chi connectivity index (χ2v) is 7.94. The molecular formula is C25H24N2O4S. The monoisotopic (exact) mass is 448 g/mol. The third kappa shape index (κ3) is 5.56. The number of carbonyl (C=O) groups is 2. The molecular weight excluding hydrogens is 424 g/mol. The van der Waals surface area contributed by atoms with Crippen LogP contribution in [0.25, 0.3) is 6.08 Å². The van der Waals surface area contributed by atoms with Gasteiger partial charge in [0.15, 0.2) is 11.5 Å². The molecule has 164 valence electrons. The van der Waals surface area contributed by atoms with E-state index in [0.717, 1.165) is 11.3 Å². The number of anilines is 1. The Balaban J connectivity index is 1.45. The number of carbonyl (C=O) groups excluding carboxylic acids is 2. The Hall–Kier alpha value is -3.58. The first-order valence-electron chi connectivity index (χ1n) is 10.4. The predicted octanol–water partition coefficient (Wildman–Crippen LogP) is 4.39. The zero-order valence-corrected chi connectivity index (χ0v) is 18.3. The van der Waals surface area contributed by atoms with Gasteiger partial charge in [0, 0.05) is 42.2 Å². The van der Waals surface area contributed by atoms with Gasteiger partial charge >= 0.3 is 0 Å². The number of nitrogens with one attached hydrogen (secondary N) is 1. The highest BCUT2D eigenvalue weighted by atomic mass is 32.1.